The standard InChI is InChI=1S/C46H33N5/c1-32-16-6-5-15-29-50(46-48-44(35-19-9-3-10-20-35)47-45(49-46)36-21-11-4-12-22-36)42-31-40-38-23-13-14-24-41(38)51(43(40)30-39(32)42)37-27-25-34(26-28-37)33-17-7-2-8-18-33/h2-28,30-31H,1,29H2/b15-5-,16-6-. The number of allylic oxidation sites excluding steroid dienone is 4. The van der Waals surface area contributed by atoms with Crippen LogP contribution >= 0.6 is 0 Å². The summed E-state index contributed by atoms with van der Waals surface area (Å²) in [6.45, 7) is 5.11. The Kier molecular flexibility index (Phi) is 7.63. The molecule has 1 aliphatic rings. The van der Waals surface area contributed by atoms with Crippen molar-refractivity contribution in [1.29, 1.82) is 0 Å². The molecule has 0 N–H and O–H groups in total. The van der Waals surface area contributed by atoms with Gasteiger partial charge >= 0.3 is 0 Å². The second-order valence-corrected chi connectivity index (χ2v) is 12.6. The molecule has 9 rings (SSSR count). The molecule has 0 saturated heterocycles. The predicted molar refractivity (Wildman–Crippen MR) is 211 cm³/mol. The molecule has 2 aromatic heterocycles. The second kappa shape index (κ2) is 12.9. The summed E-state index contributed by atoms with van der Waals surface area (Å²) in [5.74, 6) is 1.82. The minimum absolute atomic E-state index is 0.558. The maximum atomic E-state index is 5.12. The number of fused-ring (bicyclic) bond motifs is 4. The highest BCUT2D eigenvalue weighted by atomic mass is 15.3. The Labute approximate surface area is 296 Å². The maximum Gasteiger partial charge on any atom is 0.234 e. The number of aromatic nitrogens is 4. The van der Waals surface area contributed by atoms with Gasteiger partial charge in [0, 0.05) is 39.7 Å². The number of para-hydroxylation sites is 1. The minimum atomic E-state index is 0.558. The number of benzene rings is 6. The quantitative estimate of drug-likeness (QED) is 0.185. The Hall–Kier alpha value is -6.85. The van der Waals surface area contributed by atoms with Gasteiger partial charge in [-0.15, -0.1) is 0 Å². The Morgan fingerprint density at radius 3 is 1.76 bits per heavy atom. The molecule has 0 unspecified atom stereocenters. The first-order valence-corrected chi connectivity index (χ1v) is 17.1. The first-order valence-electron chi connectivity index (χ1n) is 17.1. The molecule has 3 heterocycles. The molecular formula is C46H33N5. The van der Waals surface area contributed by atoms with Gasteiger partial charge in [-0.25, -0.2) is 4.98 Å². The van der Waals surface area contributed by atoms with E-state index in [0.29, 0.717) is 24.1 Å². The molecule has 51 heavy (non-hydrogen) atoms. The summed E-state index contributed by atoms with van der Waals surface area (Å²) in [4.78, 5) is 17.4. The monoisotopic (exact) mass is 655 g/mol. The van der Waals surface area contributed by atoms with Gasteiger partial charge in [-0.2, -0.15) is 9.97 Å². The summed E-state index contributed by atoms with van der Waals surface area (Å²) in [6, 6.07) is 52.7. The summed E-state index contributed by atoms with van der Waals surface area (Å²) < 4.78 is 2.36. The van der Waals surface area contributed by atoms with Crippen molar-refractivity contribution in [2.45, 2.75) is 0 Å². The van der Waals surface area contributed by atoms with Crippen molar-refractivity contribution >= 4 is 39.0 Å². The molecule has 0 spiro atoms. The Balaban J connectivity index is 1.27. The lowest BCUT2D eigenvalue weighted by Crippen LogP contribution is -2.22. The van der Waals surface area contributed by atoms with E-state index in [-0.39, 0.29) is 0 Å². The van der Waals surface area contributed by atoms with Gasteiger partial charge < -0.3 is 9.47 Å². The van der Waals surface area contributed by atoms with Gasteiger partial charge in [-0.05, 0) is 47.0 Å². The first-order chi connectivity index (χ1) is 25.2. The van der Waals surface area contributed by atoms with E-state index >= 15 is 0 Å². The van der Waals surface area contributed by atoms with Crippen LogP contribution in [0.3, 0.4) is 0 Å². The molecule has 0 atom stereocenters. The fraction of sp³-hybridized carbons (Fsp3) is 0.0217. The van der Waals surface area contributed by atoms with Crippen molar-refractivity contribution < 1.29 is 0 Å². The van der Waals surface area contributed by atoms with Crippen molar-refractivity contribution in [3.8, 4) is 39.6 Å². The van der Waals surface area contributed by atoms with Gasteiger partial charge in [0.15, 0.2) is 11.6 Å². The van der Waals surface area contributed by atoms with E-state index in [4.69, 9.17) is 15.0 Å². The Morgan fingerprint density at radius 1 is 0.510 bits per heavy atom. The molecule has 0 saturated carbocycles. The molecule has 5 nitrogen and oxygen atoms in total. The molecule has 0 amide bonds. The van der Waals surface area contributed by atoms with Crippen molar-refractivity contribution in [2.75, 3.05) is 11.4 Å². The van der Waals surface area contributed by atoms with Crippen LogP contribution in [-0.2, 0) is 0 Å². The highest BCUT2D eigenvalue weighted by Crippen LogP contribution is 2.41. The van der Waals surface area contributed by atoms with Gasteiger partial charge in [0.1, 0.15) is 0 Å². The van der Waals surface area contributed by atoms with Gasteiger partial charge in [0.2, 0.25) is 5.95 Å². The number of rotatable bonds is 5. The van der Waals surface area contributed by atoms with E-state index in [1.807, 2.05) is 66.7 Å². The molecule has 1 aliphatic heterocycles. The molecule has 5 heteroatoms. The zero-order valence-electron chi connectivity index (χ0n) is 27.9. The van der Waals surface area contributed by atoms with Crippen molar-refractivity contribution in [2.24, 2.45) is 0 Å². The summed E-state index contributed by atoms with van der Waals surface area (Å²) in [6.07, 6.45) is 8.32. The average molecular weight is 656 g/mol. The number of nitrogens with zero attached hydrogens (tertiary/aromatic N) is 5. The highest BCUT2D eigenvalue weighted by molar-refractivity contribution is 6.12. The SMILES string of the molecule is C=C1/C=C\C=C/CN(c2nc(-c3ccccc3)nc(-c3ccccc3)n2)c2cc3c4ccccc4n(-c4ccc(-c5ccccc5)cc4)c3cc21. The molecule has 0 radical (unpaired) electrons. The summed E-state index contributed by atoms with van der Waals surface area (Å²) in [7, 11) is 0. The maximum absolute atomic E-state index is 5.12. The molecule has 0 bridgehead atoms. The van der Waals surface area contributed by atoms with E-state index in [9.17, 15) is 0 Å². The Bertz CT molecular complexity index is 2540. The van der Waals surface area contributed by atoms with E-state index < -0.39 is 0 Å². The largest absolute Gasteiger partial charge is 0.309 e. The first kappa shape index (κ1) is 30.2. The third-order valence-corrected chi connectivity index (χ3v) is 9.42. The molecular weight excluding hydrogens is 623 g/mol. The van der Waals surface area contributed by atoms with E-state index in [0.717, 1.165) is 50.1 Å². The number of hydrogen-bond acceptors (Lipinski definition) is 4. The Morgan fingerprint density at radius 2 is 1.10 bits per heavy atom. The van der Waals surface area contributed by atoms with Gasteiger partial charge in [-0.1, -0.05) is 152 Å². The summed E-state index contributed by atoms with van der Waals surface area (Å²) in [5, 5.41) is 2.31. The van der Waals surface area contributed by atoms with Gasteiger partial charge in [0.25, 0.3) is 0 Å². The van der Waals surface area contributed by atoms with E-state index in [1.54, 1.807) is 0 Å². The smallest absolute Gasteiger partial charge is 0.234 e. The normalized spacial score (nSPS) is 14.1. The van der Waals surface area contributed by atoms with Crippen LogP contribution in [0.15, 0.2) is 183 Å². The van der Waals surface area contributed by atoms with Crippen molar-refractivity contribution in [3.05, 3.63) is 188 Å². The van der Waals surface area contributed by atoms with Crippen LogP contribution in [-0.4, -0.2) is 26.1 Å². The zero-order valence-corrected chi connectivity index (χ0v) is 27.9. The van der Waals surface area contributed by atoms with Crippen LogP contribution in [0.5, 0.6) is 0 Å². The summed E-state index contributed by atoms with van der Waals surface area (Å²) >= 11 is 0. The number of hydrogen-bond donors (Lipinski definition) is 0. The number of anilines is 2. The lowest BCUT2D eigenvalue weighted by Gasteiger charge is -2.25. The van der Waals surface area contributed by atoms with Crippen LogP contribution in [0.25, 0.3) is 67.0 Å². The minimum Gasteiger partial charge on any atom is -0.309 e. The van der Waals surface area contributed by atoms with Gasteiger partial charge in [0.05, 0.1) is 16.7 Å². The second-order valence-electron chi connectivity index (χ2n) is 12.6. The van der Waals surface area contributed by atoms with Crippen molar-refractivity contribution in [1.82, 2.24) is 19.5 Å². The predicted octanol–water partition coefficient (Wildman–Crippen LogP) is 11.2. The van der Waals surface area contributed by atoms with Crippen LogP contribution in [0, 0.1) is 0 Å². The van der Waals surface area contributed by atoms with Crippen LogP contribution < -0.4 is 4.90 Å². The topological polar surface area (TPSA) is 46.8 Å². The molecule has 6 aromatic carbocycles. The molecule has 0 aliphatic carbocycles. The van der Waals surface area contributed by atoms with Gasteiger partial charge in [-0.3, -0.25) is 0 Å². The third kappa shape index (κ3) is 5.61. The molecule has 8 aromatic rings. The van der Waals surface area contributed by atoms with E-state index in [2.05, 4.69) is 125 Å². The van der Waals surface area contributed by atoms with Crippen LogP contribution in [0.1, 0.15) is 5.56 Å². The van der Waals surface area contributed by atoms with Crippen molar-refractivity contribution in [3.63, 3.8) is 0 Å². The van der Waals surface area contributed by atoms with Crippen LogP contribution in [0.4, 0.5) is 11.6 Å². The van der Waals surface area contributed by atoms with Crippen LogP contribution in [0.2, 0.25) is 0 Å². The fourth-order valence-corrected chi connectivity index (χ4v) is 6.91. The highest BCUT2D eigenvalue weighted by Gasteiger charge is 2.23. The fourth-order valence-electron chi connectivity index (χ4n) is 6.91. The molecule has 0 fully saturated rings. The lowest BCUT2D eigenvalue weighted by molar-refractivity contribution is 0.960. The zero-order chi connectivity index (χ0) is 34.1. The summed E-state index contributed by atoms with van der Waals surface area (Å²) in [5.41, 5.74) is 10.5. The van der Waals surface area contributed by atoms with E-state index in [1.165, 1.54) is 16.5 Å². The third-order valence-electron chi connectivity index (χ3n) is 9.42. The molecule has 242 valence electrons. The lowest BCUT2D eigenvalue weighted by atomic mass is 10.0. The average Bonchev–Trinajstić information content (AvgIpc) is 3.55.